The summed E-state index contributed by atoms with van der Waals surface area (Å²) in [6, 6.07) is 126. The number of nitrogens with zero attached hydrogens (tertiary/aromatic N) is 8. The first kappa shape index (κ1) is 66.9. The number of rotatable bonds is 13. The highest BCUT2D eigenvalue weighted by atomic mass is 15.1. The molecule has 8 aromatic heterocycles. The number of para-hydroxylation sites is 4. The number of aryl methyl sites for hydroxylation is 6. The molecule has 0 aliphatic heterocycles. The van der Waals surface area contributed by atoms with Crippen LogP contribution < -0.4 is 16.4 Å². The van der Waals surface area contributed by atoms with Gasteiger partial charge in [0.15, 0.2) is 0 Å². The number of aromatic nitrogens is 8. The minimum Gasteiger partial charge on any atom is -0.309 e. The second kappa shape index (κ2) is 26.8. The van der Waals surface area contributed by atoms with Gasteiger partial charge >= 0.3 is 0 Å². The lowest BCUT2D eigenvalue weighted by molar-refractivity contribution is 1.08. The summed E-state index contributed by atoms with van der Waals surface area (Å²) in [5.74, 6) is 1.66. The normalized spacial score (nSPS) is 11.8. The van der Waals surface area contributed by atoms with Gasteiger partial charge in [0, 0.05) is 87.8 Å². The molecule has 0 radical (unpaired) electrons. The Labute approximate surface area is 655 Å². The van der Waals surface area contributed by atoms with E-state index in [-0.39, 0.29) is 6.71 Å². The minimum atomic E-state index is -0.152. The van der Waals surface area contributed by atoms with Gasteiger partial charge in [-0.25, -0.2) is 19.9 Å². The van der Waals surface area contributed by atoms with Crippen molar-refractivity contribution in [3.8, 4) is 90.6 Å². The molecule has 0 aliphatic carbocycles. The lowest BCUT2D eigenvalue weighted by Gasteiger charge is -2.26. The van der Waals surface area contributed by atoms with Crippen LogP contribution in [0.3, 0.4) is 0 Å². The number of fused-ring (bicyclic) bond motifs is 14. The average molecular weight is 1450 g/mol. The number of pyridine rings is 4. The maximum atomic E-state index is 5.64. The monoisotopic (exact) mass is 1450 g/mol. The summed E-state index contributed by atoms with van der Waals surface area (Å²) in [6.07, 6.45) is 0. The van der Waals surface area contributed by atoms with Crippen LogP contribution in [0.1, 0.15) is 33.4 Å². The van der Waals surface area contributed by atoms with E-state index >= 15 is 0 Å². The molecular formula is C104H75BN8. The van der Waals surface area contributed by atoms with E-state index < -0.39 is 0 Å². The highest BCUT2D eigenvalue weighted by Gasteiger charge is 2.32. The molecule has 0 bridgehead atoms. The fourth-order valence-electron chi connectivity index (χ4n) is 18.7. The summed E-state index contributed by atoms with van der Waals surface area (Å²) in [5.41, 5.74) is 33.8. The zero-order chi connectivity index (χ0) is 75.7. The van der Waals surface area contributed by atoms with E-state index in [1.54, 1.807) is 0 Å². The second-order valence-corrected chi connectivity index (χ2v) is 30.4. The van der Waals surface area contributed by atoms with Gasteiger partial charge < -0.3 is 9.13 Å². The van der Waals surface area contributed by atoms with Crippen LogP contribution in [0.4, 0.5) is 0 Å². The maximum Gasteiger partial charge on any atom is 0.242 e. The molecule has 0 saturated carbocycles. The lowest BCUT2D eigenvalue weighted by Crippen LogP contribution is -2.56. The van der Waals surface area contributed by atoms with Gasteiger partial charge in [0.05, 0.1) is 78.3 Å². The second-order valence-electron chi connectivity index (χ2n) is 30.4. The molecule has 21 aromatic rings. The van der Waals surface area contributed by atoms with Gasteiger partial charge in [0.2, 0.25) is 6.71 Å². The van der Waals surface area contributed by atoms with Crippen molar-refractivity contribution >= 4 is 110 Å². The molecule has 0 amide bonds. The molecule has 21 rings (SSSR count). The SMILES string of the molecule is Cc1cc(C)c(B(c2cc(-n3c4ccccc4c4c5c6ccccc6n(-c6cccc(-c7cc(-c8ccccc8)nc(-c8ccccc8)c7)n6)c5ccc43)cc(-n3c4ccccc4c4c5c6ccccc6n(-c6cccc(-c7cc(-c8ccccc8)nc(-c8ccccc8)c7)n6)c5ccc43)c2)c2c(C)cc(C)cc2C)c(C)c1. The average Bonchev–Trinajstić information content (AvgIpc) is 1.54. The highest BCUT2D eigenvalue weighted by molar-refractivity contribution is 6.96. The van der Waals surface area contributed by atoms with E-state index in [2.05, 4.69) is 406 Å². The van der Waals surface area contributed by atoms with Gasteiger partial charge in [-0.3, -0.25) is 9.13 Å². The minimum absolute atomic E-state index is 0.152. The van der Waals surface area contributed by atoms with Gasteiger partial charge in [0.1, 0.15) is 11.6 Å². The fourth-order valence-corrected chi connectivity index (χ4v) is 18.7. The van der Waals surface area contributed by atoms with E-state index in [4.69, 9.17) is 19.9 Å². The third kappa shape index (κ3) is 11.1. The van der Waals surface area contributed by atoms with Crippen LogP contribution in [0.25, 0.3) is 178 Å². The molecule has 9 heteroatoms. The van der Waals surface area contributed by atoms with Gasteiger partial charge in [-0.2, -0.15) is 0 Å². The predicted octanol–water partition coefficient (Wildman–Crippen LogP) is 24.0. The first-order valence-corrected chi connectivity index (χ1v) is 39.0. The molecule has 113 heavy (non-hydrogen) atoms. The van der Waals surface area contributed by atoms with Crippen LogP contribution in [-0.4, -0.2) is 44.9 Å². The Morgan fingerprint density at radius 3 is 0.814 bits per heavy atom. The zero-order valence-electron chi connectivity index (χ0n) is 63.6. The summed E-state index contributed by atoms with van der Waals surface area (Å²) < 4.78 is 9.85. The largest absolute Gasteiger partial charge is 0.309 e. The van der Waals surface area contributed by atoms with Crippen molar-refractivity contribution in [3.05, 3.63) is 379 Å². The number of hydrogen-bond donors (Lipinski definition) is 0. The van der Waals surface area contributed by atoms with Crippen molar-refractivity contribution < 1.29 is 0 Å². The first-order chi connectivity index (χ1) is 55.5. The molecule has 13 aromatic carbocycles. The summed E-state index contributed by atoms with van der Waals surface area (Å²) in [4.78, 5) is 21.8. The smallest absolute Gasteiger partial charge is 0.242 e. The first-order valence-electron chi connectivity index (χ1n) is 39.0. The Bertz CT molecular complexity index is 6830. The van der Waals surface area contributed by atoms with E-state index in [0.29, 0.717) is 0 Å². The standard InChI is InChI=1S/C104H75BN8/c1-64-53-66(3)103(67(4)54-64)105(104-68(5)55-65(2)56-69(104)6)76-61-77(110-89-43-23-19-37-79(89)99-93(110)49-51-95-101(99)81-39-21-25-45-91(81)112(95)97-47-27-41-83(108-97)74-57-85(70-29-11-7-12-30-70)106-86(58-74)71-31-13-8-14-32-71)63-78(62-76)111-90-44-24-20-38-80(90)100-94(111)50-52-96-102(100)82-40-22-26-46-92(82)113(96)98-48-28-42-84(109-98)75-59-87(72-33-15-9-16-34-72)107-88(60-75)73-35-17-10-18-36-73/h7-63H,1-6H3. The van der Waals surface area contributed by atoms with Crippen molar-refractivity contribution in [3.63, 3.8) is 0 Å². The van der Waals surface area contributed by atoms with Crippen molar-refractivity contribution in [1.82, 2.24) is 38.2 Å². The zero-order valence-corrected chi connectivity index (χ0v) is 63.6. The van der Waals surface area contributed by atoms with Crippen LogP contribution in [-0.2, 0) is 0 Å². The van der Waals surface area contributed by atoms with Crippen LogP contribution in [0, 0.1) is 41.5 Å². The molecule has 8 heterocycles. The molecule has 534 valence electrons. The van der Waals surface area contributed by atoms with Gasteiger partial charge in [0.25, 0.3) is 0 Å². The fraction of sp³-hybridized carbons (Fsp3) is 0.0577. The summed E-state index contributed by atoms with van der Waals surface area (Å²) in [5, 5.41) is 9.35. The lowest BCUT2D eigenvalue weighted by atomic mass is 9.34. The summed E-state index contributed by atoms with van der Waals surface area (Å²) in [6.45, 7) is 13.6. The van der Waals surface area contributed by atoms with Crippen LogP contribution >= 0.6 is 0 Å². The maximum absolute atomic E-state index is 5.64. The van der Waals surface area contributed by atoms with E-state index in [0.717, 1.165) is 145 Å². The van der Waals surface area contributed by atoms with Crippen molar-refractivity contribution in [1.29, 1.82) is 0 Å². The van der Waals surface area contributed by atoms with Crippen LogP contribution in [0.5, 0.6) is 0 Å². The molecular weight excluding hydrogens is 1370 g/mol. The van der Waals surface area contributed by atoms with Crippen LogP contribution in [0.15, 0.2) is 346 Å². The molecule has 0 saturated heterocycles. The Morgan fingerprint density at radius 2 is 0.496 bits per heavy atom. The van der Waals surface area contributed by atoms with E-state index in [9.17, 15) is 0 Å². The molecule has 0 N–H and O–H groups in total. The Kier molecular flexibility index (Phi) is 15.9. The molecule has 0 unspecified atom stereocenters. The highest BCUT2D eigenvalue weighted by Crippen LogP contribution is 2.46. The quantitative estimate of drug-likeness (QED) is 0.108. The van der Waals surface area contributed by atoms with Crippen molar-refractivity contribution in [2.45, 2.75) is 41.5 Å². The summed E-state index contributed by atoms with van der Waals surface area (Å²) >= 11 is 0. The number of hydrogen-bond acceptors (Lipinski definition) is 4. The molecule has 0 spiro atoms. The van der Waals surface area contributed by atoms with Gasteiger partial charge in [-0.1, -0.05) is 280 Å². The number of benzene rings is 13. The molecule has 8 nitrogen and oxygen atoms in total. The molecule has 0 fully saturated rings. The van der Waals surface area contributed by atoms with Gasteiger partial charge in [-0.05, 0) is 157 Å². The Balaban J connectivity index is 0.794. The Morgan fingerprint density at radius 1 is 0.212 bits per heavy atom. The third-order valence-electron chi connectivity index (χ3n) is 23.2. The molecule has 0 aliphatic rings. The third-order valence-corrected chi connectivity index (χ3v) is 23.2. The topological polar surface area (TPSA) is 71.3 Å². The summed E-state index contributed by atoms with van der Waals surface area (Å²) in [7, 11) is 0. The van der Waals surface area contributed by atoms with E-state index in [1.807, 2.05) is 0 Å². The predicted molar refractivity (Wildman–Crippen MR) is 474 cm³/mol. The molecule has 0 atom stereocenters. The van der Waals surface area contributed by atoms with Crippen molar-refractivity contribution in [2.75, 3.05) is 0 Å². The van der Waals surface area contributed by atoms with Gasteiger partial charge in [-0.15, -0.1) is 0 Å². The van der Waals surface area contributed by atoms with Crippen molar-refractivity contribution in [2.24, 2.45) is 0 Å². The van der Waals surface area contributed by atoms with Crippen LogP contribution in [0.2, 0.25) is 0 Å². The Hall–Kier alpha value is -14.3. The van der Waals surface area contributed by atoms with E-state index in [1.165, 1.54) is 82.1 Å².